The van der Waals surface area contributed by atoms with Crippen molar-refractivity contribution in [2.24, 2.45) is 7.05 Å². The molecule has 3 N–H and O–H groups in total. The molecule has 0 amide bonds. The predicted octanol–water partition coefficient (Wildman–Crippen LogP) is -0.0965. The summed E-state index contributed by atoms with van der Waals surface area (Å²) in [5.74, 6) is 0. The summed E-state index contributed by atoms with van der Waals surface area (Å²) in [6, 6.07) is 0. The van der Waals surface area contributed by atoms with Crippen LogP contribution in [0.2, 0.25) is 0 Å². The first-order valence-electron chi connectivity index (χ1n) is 6.65. The molecule has 8 nitrogen and oxygen atoms in total. The Morgan fingerprint density at radius 1 is 1.33 bits per heavy atom. The van der Waals surface area contributed by atoms with E-state index in [1.807, 2.05) is 20.2 Å². The second kappa shape index (κ2) is 6.37. The van der Waals surface area contributed by atoms with Crippen LogP contribution in [0.15, 0.2) is 17.4 Å². The lowest BCUT2D eigenvalue weighted by atomic mass is 10.2. The van der Waals surface area contributed by atoms with Gasteiger partial charge in [0.25, 0.3) is 10.0 Å². The fourth-order valence-corrected chi connectivity index (χ4v) is 3.25. The third-order valence-electron chi connectivity index (χ3n) is 3.09. The van der Waals surface area contributed by atoms with E-state index in [1.54, 1.807) is 11.7 Å². The van der Waals surface area contributed by atoms with Crippen molar-refractivity contribution >= 4 is 10.0 Å². The van der Waals surface area contributed by atoms with Crippen molar-refractivity contribution in [1.82, 2.24) is 30.0 Å². The quantitative estimate of drug-likeness (QED) is 0.662. The van der Waals surface area contributed by atoms with E-state index in [4.69, 9.17) is 0 Å². The Kier molecular flexibility index (Phi) is 4.76. The Bertz CT molecular complexity index is 703. The molecule has 0 aromatic carbocycles. The van der Waals surface area contributed by atoms with Gasteiger partial charge in [0.2, 0.25) is 0 Å². The van der Waals surface area contributed by atoms with Gasteiger partial charge in [0.15, 0.2) is 5.03 Å². The van der Waals surface area contributed by atoms with E-state index in [0.29, 0.717) is 12.1 Å². The van der Waals surface area contributed by atoms with Crippen LogP contribution >= 0.6 is 0 Å². The highest BCUT2D eigenvalue weighted by Gasteiger charge is 2.21. The molecule has 2 aromatic heterocycles. The van der Waals surface area contributed by atoms with Gasteiger partial charge in [0, 0.05) is 37.5 Å². The summed E-state index contributed by atoms with van der Waals surface area (Å²) in [6.45, 7) is 2.62. The molecule has 0 fully saturated rings. The lowest BCUT2D eigenvalue weighted by Gasteiger charge is -2.06. The van der Waals surface area contributed by atoms with Gasteiger partial charge in [-0.2, -0.15) is 10.2 Å². The van der Waals surface area contributed by atoms with Gasteiger partial charge >= 0.3 is 0 Å². The van der Waals surface area contributed by atoms with E-state index in [-0.39, 0.29) is 11.6 Å². The zero-order valence-electron chi connectivity index (χ0n) is 12.3. The third-order valence-corrected chi connectivity index (χ3v) is 4.51. The molecular weight excluding hydrogens is 292 g/mol. The van der Waals surface area contributed by atoms with Crippen molar-refractivity contribution < 1.29 is 8.42 Å². The van der Waals surface area contributed by atoms with Crippen molar-refractivity contribution in [2.45, 2.75) is 31.5 Å². The average molecular weight is 312 g/mol. The van der Waals surface area contributed by atoms with Crippen molar-refractivity contribution in [3.63, 3.8) is 0 Å². The highest BCUT2D eigenvalue weighted by molar-refractivity contribution is 7.89. The lowest BCUT2D eigenvalue weighted by molar-refractivity contribution is 0.574. The van der Waals surface area contributed by atoms with E-state index in [9.17, 15) is 8.42 Å². The fourth-order valence-electron chi connectivity index (χ4n) is 2.12. The summed E-state index contributed by atoms with van der Waals surface area (Å²) in [5.41, 5.74) is 2.37. The minimum atomic E-state index is -3.63. The monoisotopic (exact) mass is 312 g/mol. The molecule has 2 aromatic rings. The van der Waals surface area contributed by atoms with Gasteiger partial charge in [-0.05, 0) is 13.5 Å². The molecule has 2 heterocycles. The molecular formula is C12H20N6O2S. The normalized spacial score (nSPS) is 12.0. The highest BCUT2D eigenvalue weighted by atomic mass is 32.2. The molecule has 9 heteroatoms. The zero-order valence-corrected chi connectivity index (χ0v) is 13.2. The number of H-pyrrole nitrogens is 1. The van der Waals surface area contributed by atoms with Gasteiger partial charge in [0.1, 0.15) is 0 Å². The summed E-state index contributed by atoms with van der Waals surface area (Å²) in [4.78, 5) is 0. The van der Waals surface area contributed by atoms with Crippen LogP contribution in [0.1, 0.15) is 23.7 Å². The molecule has 2 rings (SSSR count). The Hall–Kier alpha value is -1.71. The molecule has 0 bridgehead atoms. The van der Waals surface area contributed by atoms with Crippen LogP contribution in [-0.4, -0.2) is 35.4 Å². The maximum atomic E-state index is 12.3. The molecule has 0 saturated heterocycles. The maximum Gasteiger partial charge on any atom is 0.258 e. The molecule has 0 radical (unpaired) electrons. The minimum absolute atomic E-state index is 0.0961. The van der Waals surface area contributed by atoms with Crippen LogP contribution in [0.25, 0.3) is 0 Å². The molecule has 0 atom stereocenters. The fraction of sp³-hybridized carbons (Fsp3) is 0.500. The maximum absolute atomic E-state index is 12.3. The van der Waals surface area contributed by atoms with Gasteiger partial charge < -0.3 is 5.32 Å². The zero-order chi connectivity index (χ0) is 15.5. The van der Waals surface area contributed by atoms with Crippen LogP contribution in [-0.2, 0) is 36.6 Å². The standard InChI is InChI=1S/C12H20N6O2S/c1-4-11-10(8-18(3)17-11)7-15-21(19,20)12-9(5-13-2)6-14-16-12/h6,8,13,15H,4-5,7H2,1-3H3,(H,14,16). The number of hydrogen-bond donors (Lipinski definition) is 3. The number of nitrogens with zero attached hydrogens (tertiary/aromatic N) is 3. The number of sulfonamides is 1. The van der Waals surface area contributed by atoms with E-state index in [2.05, 4.69) is 25.3 Å². The number of aromatic amines is 1. The average Bonchev–Trinajstić information content (AvgIpc) is 3.03. The lowest BCUT2D eigenvalue weighted by Crippen LogP contribution is -2.25. The smallest absolute Gasteiger partial charge is 0.258 e. The molecule has 0 saturated carbocycles. The number of rotatable bonds is 7. The van der Waals surface area contributed by atoms with E-state index in [1.165, 1.54) is 6.20 Å². The van der Waals surface area contributed by atoms with E-state index >= 15 is 0 Å². The Morgan fingerprint density at radius 3 is 2.76 bits per heavy atom. The summed E-state index contributed by atoms with van der Waals surface area (Å²) >= 11 is 0. The third kappa shape index (κ3) is 3.49. The first-order valence-corrected chi connectivity index (χ1v) is 8.14. The van der Waals surface area contributed by atoms with Crippen molar-refractivity contribution in [3.8, 4) is 0 Å². The SMILES string of the molecule is CCc1nn(C)cc1CNS(=O)(=O)c1[nH]ncc1CNC. The summed E-state index contributed by atoms with van der Waals surface area (Å²) in [5, 5.41) is 13.6. The number of nitrogens with one attached hydrogen (secondary N) is 3. The largest absolute Gasteiger partial charge is 0.316 e. The molecule has 116 valence electrons. The highest BCUT2D eigenvalue weighted by Crippen LogP contribution is 2.13. The Balaban J connectivity index is 2.16. The van der Waals surface area contributed by atoms with Crippen LogP contribution in [0.3, 0.4) is 0 Å². The molecule has 0 spiro atoms. The molecule has 21 heavy (non-hydrogen) atoms. The van der Waals surface area contributed by atoms with Crippen molar-refractivity contribution in [1.29, 1.82) is 0 Å². The first-order chi connectivity index (χ1) is 9.97. The number of aryl methyl sites for hydroxylation is 2. The number of aromatic nitrogens is 4. The first kappa shape index (κ1) is 15.7. The van der Waals surface area contributed by atoms with Crippen molar-refractivity contribution in [3.05, 3.63) is 29.2 Å². The van der Waals surface area contributed by atoms with Crippen LogP contribution in [0.5, 0.6) is 0 Å². The van der Waals surface area contributed by atoms with E-state index in [0.717, 1.165) is 17.7 Å². The number of hydrogen-bond acceptors (Lipinski definition) is 5. The van der Waals surface area contributed by atoms with Gasteiger partial charge in [-0.15, -0.1) is 0 Å². The molecule has 0 unspecified atom stereocenters. The van der Waals surface area contributed by atoms with E-state index < -0.39 is 10.0 Å². The van der Waals surface area contributed by atoms with Gasteiger partial charge in [0.05, 0.1) is 11.9 Å². The van der Waals surface area contributed by atoms with Crippen LogP contribution in [0, 0.1) is 0 Å². The Morgan fingerprint density at radius 2 is 2.10 bits per heavy atom. The second-order valence-electron chi connectivity index (χ2n) is 4.71. The van der Waals surface area contributed by atoms with Crippen molar-refractivity contribution in [2.75, 3.05) is 7.05 Å². The van der Waals surface area contributed by atoms with Crippen LogP contribution < -0.4 is 10.0 Å². The molecule has 0 aliphatic heterocycles. The van der Waals surface area contributed by atoms with Gasteiger partial charge in [-0.1, -0.05) is 6.92 Å². The predicted molar refractivity (Wildman–Crippen MR) is 78.0 cm³/mol. The summed E-state index contributed by atoms with van der Waals surface area (Å²) < 4.78 is 28.9. The molecule has 0 aliphatic rings. The summed E-state index contributed by atoms with van der Waals surface area (Å²) in [7, 11) is -0.0623. The Labute approximate surface area is 124 Å². The van der Waals surface area contributed by atoms with Crippen LogP contribution in [0.4, 0.5) is 0 Å². The summed E-state index contributed by atoms with van der Waals surface area (Å²) in [6.07, 6.45) is 4.09. The molecule has 0 aliphatic carbocycles. The minimum Gasteiger partial charge on any atom is -0.316 e. The van der Waals surface area contributed by atoms with Gasteiger partial charge in [-0.3, -0.25) is 9.78 Å². The topological polar surface area (TPSA) is 105 Å². The second-order valence-corrected chi connectivity index (χ2v) is 6.41. The van der Waals surface area contributed by atoms with Gasteiger partial charge in [-0.25, -0.2) is 13.1 Å².